The van der Waals surface area contributed by atoms with Crippen molar-refractivity contribution in [2.24, 2.45) is 0 Å². The summed E-state index contributed by atoms with van der Waals surface area (Å²) >= 11 is 0. The second-order valence-electron chi connectivity index (χ2n) is 5.30. The maximum atomic E-state index is 10.8. The third-order valence-corrected chi connectivity index (χ3v) is 3.84. The first-order valence-corrected chi connectivity index (χ1v) is 6.82. The Kier molecular flexibility index (Phi) is 3.52. The highest BCUT2D eigenvalue weighted by molar-refractivity contribution is 5.87. The van der Waals surface area contributed by atoms with Crippen LogP contribution < -0.4 is 0 Å². The second kappa shape index (κ2) is 5.47. The summed E-state index contributed by atoms with van der Waals surface area (Å²) in [5, 5.41) is 8.87. The molecule has 0 aliphatic carbocycles. The number of benzene rings is 2. The molecule has 0 radical (unpaired) electrons. The summed E-state index contributed by atoms with van der Waals surface area (Å²) in [5.41, 5.74) is 2.92. The number of carboxylic acid groups (broad SMARTS) is 1. The summed E-state index contributed by atoms with van der Waals surface area (Å²) in [7, 11) is 0. The topological polar surface area (TPSA) is 40.5 Å². The minimum atomic E-state index is -0.871. The standard InChI is InChI=1S/C17H17NO2/c19-17(20)15-8-6-13(7-9-15)10-18-11-16(12-18)14-4-2-1-3-5-14/h1-9,16H,10-12H2,(H,19,20). The van der Waals surface area contributed by atoms with E-state index in [0.29, 0.717) is 11.5 Å². The minimum Gasteiger partial charge on any atom is -0.478 e. The zero-order valence-electron chi connectivity index (χ0n) is 11.2. The fourth-order valence-corrected chi connectivity index (χ4v) is 2.65. The van der Waals surface area contributed by atoms with Crippen LogP contribution in [0.15, 0.2) is 54.6 Å². The molecule has 1 heterocycles. The molecule has 20 heavy (non-hydrogen) atoms. The van der Waals surface area contributed by atoms with Gasteiger partial charge in [0.25, 0.3) is 0 Å². The lowest BCUT2D eigenvalue weighted by atomic mass is 9.91. The molecular weight excluding hydrogens is 250 g/mol. The van der Waals surface area contributed by atoms with Gasteiger partial charge >= 0.3 is 5.97 Å². The van der Waals surface area contributed by atoms with Crippen LogP contribution in [-0.2, 0) is 6.54 Å². The monoisotopic (exact) mass is 267 g/mol. The Morgan fingerprint density at radius 1 is 1.05 bits per heavy atom. The molecule has 0 saturated carbocycles. The Hall–Kier alpha value is -2.13. The maximum absolute atomic E-state index is 10.8. The molecule has 3 heteroatoms. The molecule has 1 N–H and O–H groups in total. The third kappa shape index (κ3) is 2.73. The van der Waals surface area contributed by atoms with Gasteiger partial charge in [-0.15, -0.1) is 0 Å². The first kappa shape index (κ1) is 12.9. The zero-order valence-corrected chi connectivity index (χ0v) is 11.2. The predicted molar refractivity (Wildman–Crippen MR) is 77.9 cm³/mol. The van der Waals surface area contributed by atoms with Crippen molar-refractivity contribution in [2.75, 3.05) is 13.1 Å². The van der Waals surface area contributed by atoms with Gasteiger partial charge in [0, 0.05) is 25.6 Å². The summed E-state index contributed by atoms with van der Waals surface area (Å²) in [6.07, 6.45) is 0. The number of hydrogen-bond acceptors (Lipinski definition) is 2. The number of carboxylic acids is 1. The van der Waals surface area contributed by atoms with E-state index in [-0.39, 0.29) is 0 Å². The van der Waals surface area contributed by atoms with Crippen LogP contribution in [0.4, 0.5) is 0 Å². The molecule has 2 aromatic carbocycles. The highest BCUT2D eigenvalue weighted by atomic mass is 16.4. The van der Waals surface area contributed by atoms with Crippen LogP contribution in [0.1, 0.15) is 27.4 Å². The van der Waals surface area contributed by atoms with E-state index in [1.165, 1.54) is 11.1 Å². The van der Waals surface area contributed by atoms with E-state index in [1.807, 2.05) is 18.2 Å². The second-order valence-corrected chi connectivity index (χ2v) is 5.30. The molecule has 0 amide bonds. The smallest absolute Gasteiger partial charge is 0.335 e. The molecule has 1 fully saturated rings. The van der Waals surface area contributed by atoms with E-state index in [9.17, 15) is 4.79 Å². The molecule has 0 aromatic heterocycles. The van der Waals surface area contributed by atoms with Crippen molar-refractivity contribution in [3.05, 3.63) is 71.3 Å². The van der Waals surface area contributed by atoms with E-state index >= 15 is 0 Å². The number of hydrogen-bond donors (Lipinski definition) is 1. The number of rotatable bonds is 4. The number of likely N-dealkylation sites (tertiary alicyclic amines) is 1. The lowest BCUT2D eigenvalue weighted by molar-refractivity contribution is 0.0697. The van der Waals surface area contributed by atoms with Gasteiger partial charge in [-0.1, -0.05) is 42.5 Å². The lowest BCUT2D eigenvalue weighted by Gasteiger charge is -2.39. The first-order valence-electron chi connectivity index (χ1n) is 6.82. The highest BCUT2D eigenvalue weighted by Crippen LogP contribution is 2.27. The molecule has 1 saturated heterocycles. The summed E-state index contributed by atoms with van der Waals surface area (Å²) < 4.78 is 0. The van der Waals surface area contributed by atoms with Crippen LogP contribution in [0.3, 0.4) is 0 Å². The molecular formula is C17H17NO2. The normalized spacial score (nSPS) is 15.8. The molecule has 102 valence electrons. The summed E-state index contributed by atoms with van der Waals surface area (Å²) in [5.74, 6) is -0.237. The lowest BCUT2D eigenvalue weighted by Crippen LogP contribution is -2.44. The van der Waals surface area contributed by atoms with Gasteiger partial charge < -0.3 is 5.11 Å². The van der Waals surface area contributed by atoms with Crippen molar-refractivity contribution in [3.8, 4) is 0 Å². The van der Waals surface area contributed by atoms with Crippen molar-refractivity contribution in [2.45, 2.75) is 12.5 Å². The van der Waals surface area contributed by atoms with Crippen molar-refractivity contribution in [1.29, 1.82) is 0 Å². The average molecular weight is 267 g/mol. The minimum absolute atomic E-state index is 0.347. The van der Waals surface area contributed by atoms with Gasteiger partial charge in [0.05, 0.1) is 5.56 Å². The maximum Gasteiger partial charge on any atom is 0.335 e. The van der Waals surface area contributed by atoms with Gasteiger partial charge in [0.2, 0.25) is 0 Å². The zero-order chi connectivity index (χ0) is 13.9. The SMILES string of the molecule is O=C(O)c1ccc(CN2CC(c3ccccc3)C2)cc1. The average Bonchev–Trinajstić information content (AvgIpc) is 2.44. The fraction of sp³-hybridized carbons (Fsp3) is 0.235. The number of carbonyl (C=O) groups is 1. The Morgan fingerprint density at radius 3 is 2.30 bits per heavy atom. The van der Waals surface area contributed by atoms with Gasteiger partial charge in [-0.25, -0.2) is 4.79 Å². The summed E-state index contributed by atoms with van der Waals surface area (Å²) in [6, 6.07) is 17.7. The largest absolute Gasteiger partial charge is 0.478 e. The van der Waals surface area contributed by atoms with E-state index in [2.05, 4.69) is 29.2 Å². The quantitative estimate of drug-likeness (QED) is 0.925. The van der Waals surface area contributed by atoms with E-state index in [0.717, 1.165) is 19.6 Å². The van der Waals surface area contributed by atoms with Crippen LogP contribution in [0.25, 0.3) is 0 Å². The molecule has 1 aliphatic rings. The molecule has 0 spiro atoms. The Labute approximate surface area is 118 Å². The third-order valence-electron chi connectivity index (χ3n) is 3.84. The Balaban J connectivity index is 1.55. The molecule has 3 rings (SSSR count). The van der Waals surface area contributed by atoms with E-state index < -0.39 is 5.97 Å². The van der Waals surface area contributed by atoms with Gasteiger partial charge in [-0.05, 0) is 23.3 Å². The Bertz CT molecular complexity index is 586. The van der Waals surface area contributed by atoms with Crippen molar-refractivity contribution in [3.63, 3.8) is 0 Å². The summed E-state index contributed by atoms with van der Waals surface area (Å²) in [6.45, 7) is 3.04. The van der Waals surface area contributed by atoms with Crippen molar-refractivity contribution >= 4 is 5.97 Å². The molecule has 0 atom stereocenters. The van der Waals surface area contributed by atoms with Crippen LogP contribution in [-0.4, -0.2) is 29.1 Å². The van der Waals surface area contributed by atoms with Crippen molar-refractivity contribution in [1.82, 2.24) is 4.90 Å². The van der Waals surface area contributed by atoms with Crippen LogP contribution in [0.5, 0.6) is 0 Å². The highest BCUT2D eigenvalue weighted by Gasteiger charge is 2.27. The van der Waals surface area contributed by atoms with Crippen LogP contribution in [0.2, 0.25) is 0 Å². The molecule has 0 bridgehead atoms. The van der Waals surface area contributed by atoms with Gasteiger partial charge in [0.1, 0.15) is 0 Å². The van der Waals surface area contributed by atoms with Crippen LogP contribution >= 0.6 is 0 Å². The Morgan fingerprint density at radius 2 is 1.70 bits per heavy atom. The fourth-order valence-electron chi connectivity index (χ4n) is 2.65. The predicted octanol–water partition coefficient (Wildman–Crippen LogP) is 2.98. The van der Waals surface area contributed by atoms with Gasteiger partial charge in [0.15, 0.2) is 0 Å². The van der Waals surface area contributed by atoms with Crippen molar-refractivity contribution < 1.29 is 9.90 Å². The van der Waals surface area contributed by atoms with Gasteiger partial charge in [-0.2, -0.15) is 0 Å². The van der Waals surface area contributed by atoms with E-state index in [4.69, 9.17) is 5.11 Å². The van der Waals surface area contributed by atoms with Gasteiger partial charge in [-0.3, -0.25) is 4.90 Å². The molecule has 1 aliphatic heterocycles. The molecule has 0 unspecified atom stereocenters. The number of aromatic carboxylic acids is 1. The number of nitrogens with zero attached hydrogens (tertiary/aromatic N) is 1. The summed E-state index contributed by atoms with van der Waals surface area (Å²) in [4.78, 5) is 13.2. The first-order chi connectivity index (χ1) is 9.72. The molecule has 3 nitrogen and oxygen atoms in total. The van der Waals surface area contributed by atoms with Crippen LogP contribution in [0, 0.1) is 0 Å². The van der Waals surface area contributed by atoms with E-state index in [1.54, 1.807) is 12.1 Å². The molecule has 2 aromatic rings.